The van der Waals surface area contributed by atoms with Crippen molar-refractivity contribution in [2.45, 2.75) is 17.7 Å². The second-order valence-corrected chi connectivity index (χ2v) is 6.38. The van der Waals surface area contributed by atoms with Crippen LogP contribution in [-0.2, 0) is 5.75 Å². The maximum absolute atomic E-state index is 5.82. The van der Waals surface area contributed by atoms with E-state index < -0.39 is 0 Å². The van der Waals surface area contributed by atoms with E-state index in [2.05, 4.69) is 21.2 Å². The summed E-state index contributed by atoms with van der Waals surface area (Å²) in [5.41, 5.74) is 1.93. The smallest absolute Gasteiger partial charge is 0.226 e. The van der Waals surface area contributed by atoms with E-state index in [-0.39, 0.29) is 0 Å². The Labute approximate surface area is 144 Å². The van der Waals surface area contributed by atoms with Gasteiger partial charge in [-0.15, -0.1) is 5.10 Å². The Bertz CT molecular complexity index is 977. The SMILES string of the molecule is Cc1oc(-c2ccccc2)nc1CSc1nncc2ccccc12. The van der Waals surface area contributed by atoms with Crippen LogP contribution in [0.5, 0.6) is 0 Å². The van der Waals surface area contributed by atoms with E-state index in [0.29, 0.717) is 11.6 Å². The molecule has 5 heteroatoms. The average Bonchev–Trinajstić information content (AvgIpc) is 3.01. The third kappa shape index (κ3) is 2.90. The van der Waals surface area contributed by atoms with Crippen LogP contribution in [0.3, 0.4) is 0 Å². The monoisotopic (exact) mass is 333 g/mol. The minimum absolute atomic E-state index is 0.660. The summed E-state index contributed by atoms with van der Waals surface area (Å²) in [6, 6.07) is 18.1. The molecule has 0 radical (unpaired) electrons. The van der Waals surface area contributed by atoms with Gasteiger partial charge < -0.3 is 4.42 Å². The topological polar surface area (TPSA) is 51.8 Å². The molecule has 0 aliphatic carbocycles. The van der Waals surface area contributed by atoms with Crippen molar-refractivity contribution in [2.24, 2.45) is 0 Å². The lowest BCUT2D eigenvalue weighted by Gasteiger charge is -2.02. The van der Waals surface area contributed by atoms with E-state index in [1.165, 1.54) is 0 Å². The van der Waals surface area contributed by atoms with Gasteiger partial charge in [0, 0.05) is 22.1 Å². The van der Waals surface area contributed by atoms with Crippen LogP contribution in [0.2, 0.25) is 0 Å². The molecule has 0 bridgehead atoms. The number of fused-ring (bicyclic) bond motifs is 1. The second-order valence-electron chi connectivity index (χ2n) is 5.41. The Balaban J connectivity index is 1.59. The molecular formula is C19H15N3OS. The van der Waals surface area contributed by atoms with Crippen molar-refractivity contribution >= 4 is 22.5 Å². The summed E-state index contributed by atoms with van der Waals surface area (Å²) in [6.45, 7) is 1.95. The quantitative estimate of drug-likeness (QED) is 0.498. The van der Waals surface area contributed by atoms with Crippen LogP contribution in [0.1, 0.15) is 11.5 Å². The molecule has 2 aromatic carbocycles. The molecule has 4 nitrogen and oxygen atoms in total. The Morgan fingerprint density at radius 2 is 1.79 bits per heavy atom. The first-order valence-electron chi connectivity index (χ1n) is 7.66. The number of aromatic nitrogens is 3. The Morgan fingerprint density at radius 3 is 2.67 bits per heavy atom. The Morgan fingerprint density at radius 1 is 1.00 bits per heavy atom. The predicted octanol–water partition coefficient (Wildman–Crippen LogP) is 4.89. The fourth-order valence-electron chi connectivity index (χ4n) is 2.51. The molecule has 24 heavy (non-hydrogen) atoms. The van der Waals surface area contributed by atoms with Crippen molar-refractivity contribution < 1.29 is 4.42 Å². The minimum Gasteiger partial charge on any atom is -0.441 e. The number of hydrogen-bond donors (Lipinski definition) is 0. The van der Waals surface area contributed by atoms with Gasteiger partial charge in [-0.1, -0.05) is 54.2 Å². The van der Waals surface area contributed by atoms with Gasteiger partial charge in [0.25, 0.3) is 0 Å². The molecule has 4 aromatic rings. The molecule has 0 fully saturated rings. The minimum atomic E-state index is 0.660. The maximum atomic E-state index is 5.82. The number of nitrogens with zero attached hydrogens (tertiary/aromatic N) is 3. The summed E-state index contributed by atoms with van der Waals surface area (Å²) in [6.07, 6.45) is 1.79. The van der Waals surface area contributed by atoms with E-state index in [1.54, 1.807) is 18.0 Å². The molecule has 2 heterocycles. The first-order valence-corrected chi connectivity index (χ1v) is 8.65. The molecule has 0 unspecified atom stereocenters. The molecule has 118 valence electrons. The van der Waals surface area contributed by atoms with Crippen molar-refractivity contribution in [3.8, 4) is 11.5 Å². The normalized spacial score (nSPS) is 11.0. The molecule has 4 rings (SSSR count). The van der Waals surface area contributed by atoms with Crippen molar-refractivity contribution in [1.29, 1.82) is 0 Å². The number of hydrogen-bond acceptors (Lipinski definition) is 5. The first-order chi connectivity index (χ1) is 11.8. The third-order valence-corrected chi connectivity index (χ3v) is 4.79. The molecule has 0 aliphatic rings. The Kier molecular flexibility index (Phi) is 4.01. The van der Waals surface area contributed by atoms with E-state index in [0.717, 1.165) is 32.8 Å². The van der Waals surface area contributed by atoms with Crippen molar-refractivity contribution in [1.82, 2.24) is 15.2 Å². The lowest BCUT2D eigenvalue weighted by Crippen LogP contribution is -1.90. The molecule has 0 saturated heterocycles. The predicted molar refractivity (Wildman–Crippen MR) is 95.8 cm³/mol. The summed E-state index contributed by atoms with van der Waals surface area (Å²) < 4.78 is 5.82. The number of oxazole rings is 1. The standard InChI is InChI=1S/C19H15N3OS/c1-13-17(21-18(23-13)14-7-3-2-4-8-14)12-24-19-16-10-6-5-9-15(16)11-20-22-19/h2-11H,12H2,1H3. The largest absolute Gasteiger partial charge is 0.441 e. The third-order valence-electron chi connectivity index (χ3n) is 3.80. The van der Waals surface area contributed by atoms with Gasteiger partial charge in [-0.2, -0.15) is 5.10 Å². The Hall–Kier alpha value is -2.66. The fourth-order valence-corrected chi connectivity index (χ4v) is 3.50. The highest BCUT2D eigenvalue weighted by atomic mass is 32.2. The molecular weight excluding hydrogens is 318 g/mol. The molecule has 0 aliphatic heterocycles. The van der Waals surface area contributed by atoms with Crippen LogP contribution in [0, 0.1) is 6.92 Å². The number of rotatable bonds is 4. The second kappa shape index (κ2) is 6.45. The van der Waals surface area contributed by atoms with Gasteiger partial charge in [0.05, 0.1) is 11.9 Å². The van der Waals surface area contributed by atoms with Gasteiger partial charge in [-0.3, -0.25) is 0 Å². The highest BCUT2D eigenvalue weighted by Gasteiger charge is 2.13. The fraction of sp³-hybridized carbons (Fsp3) is 0.105. The zero-order chi connectivity index (χ0) is 16.4. The number of thioether (sulfide) groups is 1. The summed E-state index contributed by atoms with van der Waals surface area (Å²) >= 11 is 1.63. The molecule has 2 aromatic heterocycles. The highest BCUT2D eigenvalue weighted by Crippen LogP contribution is 2.29. The zero-order valence-corrected chi connectivity index (χ0v) is 14.0. The summed E-state index contributed by atoms with van der Waals surface area (Å²) in [4.78, 5) is 4.64. The highest BCUT2D eigenvalue weighted by molar-refractivity contribution is 7.98. The van der Waals surface area contributed by atoms with Crippen LogP contribution in [0.4, 0.5) is 0 Å². The lowest BCUT2D eigenvalue weighted by molar-refractivity contribution is 0.540. The van der Waals surface area contributed by atoms with E-state index >= 15 is 0 Å². The number of benzene rings is 2. The van der Waals surface area contributed by atoms with E-state index in [1.807, 2.05) is 55.5 Å². The lowest BCUT2D eigenvalue weighted by atomic mass is 10.2. The van der Waals surface area contributed by atoms with Crippen molar-refractivity contribution in [3.05, 3.63) is 72.2 Å². The van der Waals surface area contributed by atoms with E-state index in [9.17, 15) is 0 Å². The number of aryl methyl sites for hydroxylation is 1. The van der Waals surface area contributed by atoms with Crippen molar-refractivity contribution in [3.63, 3.8) is 0 Å². The molecule has 0 saturated carbocycles. The summed E-state index contributed by atoms with van der Waals surface area (Å²) in [5.74, 6) is 2.20. The van der Waals surface area contributed by atoms with E-state index in [4.69, 9.17) is 4.42 Å². The zero-order valence-electron chi connectivity index (χ0n) is 13.1. The van der Waals surface area contributed by atoms with Gasteiger partial charge >= 0.3 is 0 Å². The van der Waals surface area contributed by atoms with Crippen LogP contribution in [0.25, 0.3) is 22.2 Å². The summed E-state index contributed by atoms with van der Waals surface area (Å²) in [7, 11) is 0. The average molecular weight is 333 g/mol. The van der Waals surface area contributed by atoms with Gasteiger partial charge in [-0.25, -0.2) is 4.98 Å². The van der Waals surface area contributed by atoms with Gasteiger partial charge in [-0.05, 0) is 19.1 Å². The maximum Gasteiger partial charge on any atom is 0.226 e. The first kappa shape index (κ1) is 14.9. The van der Waals surface area contributed by atoms with Gasteiger partial charge in [0.1, 0.15) is 10.8 Å². The van der Waals surface area contributed by atoms with Gasteiger partial charge in [0.15, 0.2) is 0 Å². The summed E-state index contributed by atoms with van der Waals surface area (Å²) in [5, 5.41) is 11.5. The molecule has 0 amide bonds. The molecule has 0 spiro atoms. The molecule has 0 N–H and O–H groups in total. The molecule has 0 atom stereocenters. The van der Waals surface area contributed by atoms with Crippen LogP contribution < -0.4 is 0 Å². The van der Waals surface area contributed by atoms with Crippen molar-refractivity contribution in [2.75, 3.05) is 0 Å². The van der Waals surface area contributed by atoms with Gasteiger partial charge in [0.2, 0.25) is 5.89 Å². The van der Waals surface area contributed by atoms with Crippen LogP contribution in [-0.4, -0.2) is 15.2 Å². The van der Waals surface area contributed by atoms with Crippen LogP contribution >= 0.6 is 11.8 Å². The van der Waals surface area contributed by atoms with Crippen LogP contribution in [0.15, 0.2) is 70.2 Å².